The number of halogens is 4. The molecule has 0 aliphatic rings. The van der Waals surface area contributed by atoms with Gasteiger partial charge in [-0.3, -0.25) is 18.6 Å². The molecule has 176 valence electrons. The Morgan fingerprint density at radius 2 is 1.75 bits per heavy atom. The Balaban J connectivity index is 2.05. The molecule has 1 atom stereocenters. The van der Waals surface area contributed by atoms with Crippen molar-refractivity contribution in [2.45, 2.75) is 51.5 Å². The van der Waals surface area contributed by atoms with Gasteiger partial charge in [0.2, 0.25) is 0 Å². The van der Waals surface area contributed by atoms with Crippen molar-refractivity contribution >= 4 is 5.91 Å². The van der Waals surface area contributed by atoms with E-state index in [4.69, 9.17) is 4.74 Å². The van der Waals surface area contributed by atoms with Crippen molar-refractivity contribution < 1.29 is 27.1 Å². The van der Waals surface area contributed by atoms with Crippen LogP contribution < -0.4 is 10.6 Å². The van der Waals surface area contributed by atoms with Gasteiger partial charge in [-0.25, -0.2) is 0 Å². The lowest BCUT2D eigenvalue weighted by atomic mass is 10.0. The van der Waals surface area contributed by atoms with Gasteiger partial charge in [0, 0.05) is 24.7 Å². The van der Waals surface area contributed by atoms with Crippen LogP contribution in [0, 0.1) is 0 Å². The summed E-state index contributed by atoms with van der Waals surface area (Å²) in [5.41, 5.74) is 1.88. The lowest BCUT2D eigenvalue weighted by Crippen LogP contribution is -2.48. The minimum absolute atomic E-state index is 0.0129. The highest BCUT2D eigenvalue weighted by Crippen LogP contribution is 2.29. The second-order valence-corrected chi connectivity index (χ2v) is 7.76. The van der Waals surface area contributed by atoms with Crippen LogP contribution in [0.1, 0.15) is 44.1 Å². The maximum atomic E-state index is 13.1. The maximum absolute atomic E-state index is 13.1. The number of nitrogens with one attached hydrogen (secondary N) is 2. The number of amides is 1. The molecule has 5 nitrogen and oxygen atoms in total. The lowest BCUT2D eigenvalue weighted by Gasteiger charge is -2.31. The van der Waals surface area contributed by atoms with Crippen LogP contribution >= 0.6 is 0 Å². The molecule has 9 heteroatoms. The van der Waals surface area contributed by atoms with E-state index in [2.05, 4.69) is 15.6 Å². The molecule has 1 heterocycles. The van der Waals surface area contributed by atoms with Gasteiger partial charge in [-0.2, -0.15) is 8.78 Å². The van der Waals surface area contributed by atoms with Crippen LogP contribution in [-0.4, -0.2) is 42.9 Å². The number of rotatable bonds is 13. The summed E-state index contributed by atoms with van der Waals surface area (Å²) < 4.78 is 56.0. The molecule has 2 aromatic rings. The number of carbonyl (C=O) groups is 1. The van der Waals surface area contributed by atoms with Crippen LogP contribution in [-0.2, 0) is 16.1 Å². The fourth-order valence-electron chi connectivity index (χ4n) is 3.13. The van der Waals surface area contributed by atoms with Crippen molar-refractivity contribution in [3.63, 3.8) is 0 Å². The van der Waals surface area contributed by atoms with E-state index in [1.807, 2.05) is 24.3 Å². The minimum Gasteiger partial charge on any atom is -0.348 e. The highest BCUT2D eigenvalue weighted by atomic mass is 19.3. The fraction of sp³-hybridized carbons (Fsp3) is 0.478. The molecular formula is C23H29F4N3O2. The van der Waals surface area contributed by atoms with Crippen molar-refractivity contribution in [1.29, 1.82) is 0 Å². The van der Waals surface area contributed by atoms with Crippen molar-refractivity contribution in [2.75, 3.05) is 19.9 Å². The number of carbonyl (C=O) groups excluding carboxylic acids is 1. The fourth-order valence-corrected chi connectivity index (χ4v) is 3.13. The number of aromatic nitrogens is 1. The molecule has 0 unspecified atom stereocenters. The van der Waals surface area contributed by atoms with Crippen LogP contribution in [0.4, 0.5) is 17.6 Å². The third kappa shape index (κ3) is 8.20. The van der Waals surface area contributed by atoms with E-state index in [0.717, 1.165) is 16.8 Å². The predicted octanol–water partition coefficient (Wildman–Crippen LogP) is 4.73. The lowest BCUT2D eigenvalue weighted by molar-refractivity contribution is -0.148. The SMILES string of the molecule is CC(C)(NC(=O)C(F)F)O[C@@H](CCF)c1ccc(-c2ccc(CNCCCF)nc2)cc1. The van der Waals surface area contributed by atoms with Crippen molar-refractivity contribution in [1.82, 2.24) is 15.6 Å². The first-order chi connectivity index (χ1) is 15.3. The van der Waals surface area contributed by atoms with E-state index in [1.54, 1.807) is 18.3 Å². The second-order valence-electron chi connectivity index (χ2n) is 7.76. The van der Waals surface area contributed by atoms with Crippen LogP contribution in [0.2, 0.25) is 0 Å². The van der Waals surface area contributed by atoms with Gasteiger partial charge in [0.1, 0.15) is 5.72 Å². The summed E-state index contributed by atoms with van der Waals surface area (Å²) in [6, 6.07) is 11.0. The Bertz CT molecular complexity index is 830. The highest BCUT2D eigenvalue weighted by Gasteiger charge is 2.29. The molecule has 0 aliphatic heterocycles. The molecular weight excluding hydrogens is 426 g/mol. The second kappa shape index (κ2) is 12.5. The van der Waals surface area contributed by atoms with Gasteiger partial charge in [-0.05, 0) is 44.0 Å². The number of ether oxygens (including phenoxy) is 1. The normalized spacial score (nSPS) is 12.7. The molecule has 2 N–H and O–H groups in total. The van der Waals surface area contributed by atoms with Gasteiger partial charge in [0.25, 0.3) is 5.91 Å². The quantitative estimate of drug-likeness (QED) is 0.260. The van der Waals surface area contributed by atoms with Crippen molar-refractivity contribution in [3.8, 4) is 11.1 Å². The third-order valence-corrected chi connectivity index (χ3v) is 4.66. The Hall–Kier alpha value is -2.52. The summed E-state index contributed by atoms with van der Waals surface area (Å²) >= 11 is 0. The smallest absolute Gasteiger partial charge is 0.315 e. The molecule has 1 aromatic heterocycles. The summed E-state index contributed by atoms with van der Waals surface area (Å²) in [5, 5.41) is 5.23. The average molecular weight is 455 g/mol. The van der Waals surface area contributed by atoms with E-state index in [-0.39, 0.29) is 13.1 Å². The van der Waals surface area contributed by atoms with E-state index in [9.17, 15) is 22.4 Å². The molecule has 0 bridgehead atoms. The van der Waals surface area contributed by atoms with Gasteiger partial charge in [-0.15, -0.1) is 0 Å². The molecule has 0 fully saturated rings. The van der Waals surface area contributed by atoms with Crippen molar-refractivity contribution in [3.05, 3.63) is 53.9 Å². The van der Waals surface area contributed by atoms with Crippen LogP contribution in [0.15, 0.2) is 42.6 Å². The molecule has 32 heavy (non-hydrogen) atoms. The molecule has 0 aliphatic carbocycles. The summed E-state index contributed by atoms with van der Waals surface area (Å²) in [4.78, 5) is 15.7. The topological polar surface area (TPSA) is 63.2 Å². The molecule has 2 rings (SSSR count). The number of hydrogen-bond donors (Lipinski definition) is 2. The average Bonchev–Trinajstić information content (AvgIpc) is 2.76. The van der Waals surface area contributed by atoms with E-state index in [0.29, 0.717) is 25.1 Å². The minimum atomic E-state index is -3.16. The number of pyridine rings is 1. The van der Waals surface area contributed by atoms with E-state index in [1.165, 1.54) is 13.8 Å². The van der Waals surface area contributed by atoms with Crippen LogP contribution in [0.5, 0.6) is 0 Å². The number of benzene rings is 1. The Labute approximate surface area is 185 Å². The standard InChI is InChI=1S/C23H29F4N3O2/c1-23(2,30-22(31)21(26)27)32-20(10-12-25)17-6-4-16(5-7-17)18-8-9-19(29-14-18)15-28-13-3-11-24/h4-9,14,20-21,28H,3,10-13,15H2,1-2H3,(H,30,31)/t20-/m0/s1. The third-order valence-electron chi connectivity index (χ3n) is 4.66. The van der Waals surface area contributed by atoms with Gasteiger partial charge in [0.05, 0.1) is 25.1 Å². The first-order valence-corrected chi connectivity index (χ1v) is 10.4. The summed E-state index contributed by atoms with van der Waals surface area (Å²) in [6.07, 6.45) is -1.67. The summed E-state index contributed by atoms with van der Waals surface area (Å²) in [5.74, 6) is -1.45. The molecule has 0 spiro atoms. The molecule has 0 saturated heterocycles. The van der Waals surface area contributed by atoms with E-state index < -0.39 is 30.8 Å². The summed E-state index contributed by atoms with van der Waals surface area (Å²) in [6.45, 7) is 3.00. The number of nitrogens with zero attached hydrogens (tertiary/aromatic N) is 1. The first-order valence-electron chi connectivity index (χ1n) is 10.4. The Morgan fingerprint density at radius 3 is 2.31 bits per heavy atom. The zero-order valence-corrected chi connectivity index (χ0v) is 18.2. The Kier molecular flexibility index (Phi) is 10.1. The number of hydrogen-bond acceptors (Lipinski definition) is 4. The summed E-state index contributed by atoms with van der Waals surface area (Å²) in [7, 11) is 0. The maximum Gasteiger partial charge on any atom is 0.315 e. The van der Waals surface area contributed by atoms with Crippen LogP contribution in [0.25, 0.3) is 11.1 Å². The van der Waals surface area contributed by atoms with Gasteiger partial charge >= 0.3 is 6.43 Å². The zero-order valence-electron chi connectivity index (χ0n) is 18.2. The Morgan fingerprint density at radius 1 is 1.06 bits per heavy atom. The predicted molar refractivity (Wildman–Crippen MR) is 115 cm³/mol. The van der Waals surface area contributed by atoms with E-state index >= 15 is 0 Å². The monoisotopic (exact) mass is 455 g/mol. The molecule has 1 amide bonds. The zero-order chi connectivity index (χ0) is 23.6. The van der Waals surface area contributed by atoms with Gasteiger partial charge in [-0.1, -0.05) is 30.3 Å². The molecule has 0 saturated carbocycles. The van der Waals surface area contributed by atoms with Gasteiger partial charge < -0.3 is 15.4 Å². The molecule has 1 aromatic carbocycles. The molecule has 0 radical (unpaired) electrons. The number of alkyl halides is 4. The largest absolute Gasteiger partial charge is 0.348 e. The first kappa shape index (κ1) is 25.7. The van der Waals surface area contributed by atoms with Gasteiger partial charge in [0.15, 0.2) is 0 Å². The van der Waals surface area contributed by atoms with Crippen LogP contribution in [0.3, 0.4) is 0 Å². The van der Waals surface area contributed by atoms with Crippen molar-refractivity contribution in [2.24, 2.45) is 0 Å². The highest BCUT2D eigenvalue weighted by molar-refractivity contribution is 5.79.